The SMILES string of the molecule is C=CCN(CC(=O)N1CCc2sccc2[C@@H]1COc1cccc(OC)c1)C[C@H](O)COCc1ccccc1. The van der Waals surface area contributed by atoms with Crippen LogP contribution in [0.3, 0.4) is 0 Å². The molecule has 2 atom stereocenters. The molecule has 1 aliphatic heterocycles. The molecule has 38 heavy (non-hydrogen) atoms. The number of carbonyl (C=O) groups is 1. The minimum absolute atomic E-state index is 0.000321. The largest absolute Gasteiger partial charge is 0.497 e. The fourth-order valence-corrected chi connectivity index (χ4v) is 5.58. The maximum Gasteiger partial charge on any atom is 0.237 e. The number of aliphatic hydroxyl groups excluding tert-OH is 1. The average Bonchev–Trinajstić information content (AvgIpc) is 3.42. The van der Waals surface area contributed by atoms with Gasteiger partial charge in [-0.3, -0.25) is 9.69 Å². The second kappa shape index (κ2) is 14.1. The number of fused-ring (bicyclic) bond motifs is 1. The smallest absolute Gasteiger partial charge is 0.237 e. The Bertz CT molecular complexity index is 1170. The average molecular weight is 537 g/mol. The van der Waals surface area contributed by atoms with Crippen molar-refractivity contribution in [1.29, 1.82) is 0 Å². The van der Waals surface area contributed by atoms with Gasteiger partial charge in [0.15, 0.2) is 0 Å². The van der Waals surface area contributed by atoms with Crippen molar-refractivity contribution in [3.05, 3.63) is 94.7 Å². The van der Waals surface area contributed by atoms with Crippen LogP contribution in [0.25, 0.3) is 0 Å². The fraction of sp³-hybridized carbons (Fsp3) is 0.367. The summed E-state index contributed by atoms with van der Waals surface area (Å²) < 4.78 is 17.1. The van der Waals surface area contributed by atoms with Gasteiger partial charge >= 0.3 is 0 Å². The standard InChI is InChI=1S/C30H36N2O5S/c1-3-14-31(18-24(33)21-36-20-23-8-5-4-6-9-23)19-30(34)32-15-12-29-27(13-16-38-29)28(32)22-37-26-11-7-10-25(17-26)35-2/h3-11,13,16-17,24,28,33H,1,12,14-15,18-22H2,2H3/t24-,28-/m0/s1. The van der Waals surface area contributed by atoms with E-state index in [-0.39, 0.29) is 25.1 Å². The molecule has 0 fully saturated rings. The van der Waals surface area contributed by atoms with E-state index >= 15 is 0 Å². The van der Waals surface area contributed by atoms with Crippen LogP contribution in [0.15, 0.2) is 78.7 Å². The van der Waals surface area contributed by atoms with Crippen molar-refractivity contribution in [2.75, 3.05) is 46.5 Å². The molecular weight excluding hydrogens is 500 g/mol. The Hall–Kier alpha value is -3.17. The number of ether oxygens (including phenoxy) is 3. The van der Waals surface area contributed by atoms with Gasteiger partial charge in [-0.1, -0.05) is 42.5 Å². The second-order valence-corrected chi connectivity index (χ2v) is 10.3. The van der Waals surface area contributed by atoms with Crippen molar-refractivity contribution in [2.45, 2.75) is 25.2 Å². The molecule has 1 N–H and O–H groups in total. The number of methoxy groups -OCH3 is 1. The number of aliphatic hydroxyl groups is 1. The summed E-state index contributed by atoms with van der Waals surface area (Å²) in [4.78, 5) is 18.7. The predicted octanol–water partition coefficient (Wildman–Crippen LogP) is 4.33. The molecular formula is C30H36N2O5S. The Morgan fingerprint density at radius 1 is 1.21 bits per heavy atom. The maximum absolute atomic E-state index is 13.6. The number of rotatable bonds is 14. The zero-order valence-electron chi connectivity index (χ0n) is 21.8. The Kier molecular flexibility index (Phi) is 10.3. The molecule has 1 amide bonds. The Morgan fingerprint density at radius 2 is 2.03 bits per heavy atom. The van der Waals surface area contributed by atoms with E-state index in [4.69, 9.17) is 14.2 Å². The summed E-state index contributed by atoms with van der Waals surface area (Å²) in [6.07, 6.45) is 1.86. The zero-order chi connectivity index (χ0) is 26.7. The number of nitrogens with zero attached hydrogens (tertiary/aromatic N) is 2. The minimum atomic E-state index is -0.719. The third-order valence-corrected chi connectivity index (χ3v) is 7.50. The van der Waals surface area contributed by atoms with Crippen molar-refractivity contribution in [2.24, 2.45) is 0 Å². The first-order valence-corrected chi connectivity index (χ1v) is 13.7. The quantitative estimate of drug-likeness (QED) is 0.310. The van der Waals surface area contributed by atoms with Crippen LogP contribution in [0, 0.1) is 0 Å². The van der Waals surface area contributed by atoms with E-state index in [0.717, 1.165) is 23.3 Å². The molecule has 0 saturated carbocycles. The summed E-state index contributed by atoms with van der Waals surface area (Å²) in [6, 6.07) is 19.2. The van der Waals surface area contributed by atoms with Crippen LogP contribution in [-0.2, 0) is 22.6 Å². The molecule has 0 bridgehead atoms. The van der Waals surface area contributed by atoms with E-state index < -0.39 is 6.10 Å². The molecule has 1 aromatic heterocycles. The summed E-state index contributed by atoms with van der Waals surface area (Å²) >= 11 is 1.72. The Morgan fingerprint density at radius 3 is 2.82 bits per heavy atom. The normalized spacial score (nSPS) is 15.7. The van der Waals surface area contributed by atoms with Gasteiger partial charge in [0.25, 0.3) is 0 Å². The van der Waals surface area contributed by atoms with Gasteiger partial charge in [0.05, 0.1) is 39.0 Å². The van der Waals surface area contributed by atoms with Gasteiger partial charge in [0.2, 0.25) is 5.91 Å². The summed E-state index contributed by atoms with van der Waals surface area (Å²) in [5.41, 5.74) is 2.19. The van der Waals surface area contributed by atoms with E-state index in [1.54, 1.807) is 24.5 Å². The second-order valence-electron chi connectivity index (χ2n) is 9.28. The van der Waals surface area contributed by atoms with Gasteiger partial charge in [-0.05, 0) is 41.1 Å². The molecule has 8 heteroatoms. The van der Waals surface area contributed by atoms with Gasteiger partial charge in [-0.2, -0.15) is 0 Å². The summed E-state index contributed by atoms with van der Waals surface area (Å²) in [5.74, 6) is 1.42. The molecule has 7 nitrogen and oxygen atoms in total. The molecule has 4 rings (SSSR count). The maximum atomic E-state index is 13.6. The third kappa shape index (κ3) is 7.68. The van der Waals surface area contributed by atoms with E-state index in [1.165, 1.54) is 4.88 Å². The molecule has 0 unspecified atom stereocenters. The molecule has 0 radical (unpaired) electrons. The lowest BCUT2D eigenvalue weighted by atomic mass is 10.0. The van der Waals surface area contributed by atoms with Crippen LogP contribution in [0.2, 0.25) is 0 Å². The zero-order valence-corrected chi connectivity index (χ0v) is 22.6. The third-order valence-electron chi connectivity index (χ3n) is 6.50. The van der Waals surface area contributed by atoms with Crippen LogP contribution in [0.5, 0.6) is 11.5 Å². The minimum Gasteiger partial charge on any atom is -0.497 e. The highest BCUT2D eigenvalue weighted by atomic mass is 32.1. The van der Waals surface area contributed by atoms with E-state index in [1.807, 2.05) is 64.4 Å². The van der Waals surface area contributed by atoms with E-state index in [2.05, 4.69) is 18.0 Å². The highest BCUT2D eigenvalue weighted by Gasteiger charge is 2.33. The molecule has 0 aliphatic carbocycles. The highest BCUT2D eigenvalue weighted by Crippen LogP contribution is 2.34. The lowest BCUT2D eigenvalue weighted by Crippen LogP contribution is -2.48. The molecule has 1 aliphatic rings. The predicted molar refractivity (Wildman–Crippen MR) is 150 cm³/mol. The number of carbonyl (C=O) groups excluding carboxylic acids is 1. The van der Waals surface area contributed by atoms with Crippen LogP contribution in [-0.4, -0.2) is 73.4 Å². The summed E-state index contributed by atoms with van der Waals surface area (Å²) in [5, 5.41) is 12.7. The Labute approximate surface area is 228 Å². The number of amides is 1. The van der Waals surface area contributed by atoms with Gasteiger partial charge < -0.3 is 24.2 Å². The first kappa shape index (κ1) is 27.9. The summed E-state index contributed by atoms with van der Waals surface area (Å²) in [7, 11) is 1.62. The van der Waals surface area contributed by atoms with Gasteiger partial charge in [-0.15, -0.1) is 17.9 Å². The Balaban J connectivity index is 1.36. The summed E-state index contributed by atoms with van der Waals surface area (Å²) in [6.45, 7) is 6.42. The number of thiophene rings is 1. The van der Waals surface area contributed by atoms with Gasteiger partial charge in [-0.25, -0.2) is 0 Å². The lowest BCUT2D eigenvalue weighted by molar-refractivity contribution is -0.136. The van der Waals surface area contributed by atoms with Crippen molar-refractivity contribution < 1.29 is 24.1 Å². The van der Waals surface area contributed by atoms with Gasteiger partial charge in [0, 0.05) is 30.6 Å². The molecule has 3 aromatic rings. The lowest BCUT2D eigenvalue weighted by Gasteiger charge is -2.37. The number of hydrogen-bond acceptors (Lipinski definition) is 7. The van der Waals surface area contributed by atoms with Crippen molar-refractivity contribution >= 4 is 17.2 Å². The van der Waals surface area contributed by atoms with Crippen LogP contribution >= 0.6 is 11.3 Å². The first-order valence-electron chi connectivity index (χ1n) is 12.8. The molecule has 0 saturated heterocycles. The highest BCUT2D eigenvalue weighted by molar-refractivity contribution is 7.10. The van der Waals surface area contributed by atoms with E-state index in [9.17, 15) is 9.90 Å². The van der Waals surface area contributed by atoms with Gasteiger partial charge in [0.1, 0.15) is 18.1 Å². The molecule has 0 spiro atoms. The van der Waals surface area contributed by atoms with Crippen LogP contribution < -0.4 is 9.47 Å². The molecule has 202 valence electrons. The van der Waals surface area contributed by atoms with Crippen molar-refractivity contribution in [3.8, 4) is 11.5 Å². The van der Waals surface area contributed by atoms with Crippen LogP contribution in [0.4, 0.5) is 0 Å². The van der Waals surface area contributed by atoms with Crippen molar-refractivity contribution in [3.63, 3.8) is 0 Å². The van der Waals surface area contributed by atoms with Crippen molar-refractivity contribution in [1.82, 2.24) is 9.80 Å². The van der Waals surface area contributed by atoms with Crippen LogP contribution in [0.1, 0.15) is 22.0 Å². The number of benzene rings is 2. The first-order chi connectivity index (χ1) is 18.6. The van der Waals surface area contributed by atoms with E-state index in [0.29, 0.717) is 38.6 Å². The monoisotopic (exact) mass is 536 g/mol. The number of hydrogen-bond donors (Lipinski definition) is 1. The molecule has 2 aromatic carbocycles. The topological polar surface area (TPSA) is 71.5 Å². The molecule has 2 heterocycles. The fourth-order valence-electron chi connectivity index (χ4n) is 4.65.